The van der Waals surface area contributed by atoms with Gasteiger partial charge in [0.15, 0.2) is 0 Å². The minimum absolute atomic E-state index is 0.00263. The van der Waals surface area contributed by atoms with Gasteiger partial charge in [-0.3, -0.25) is 19.7 Å². The summed E-state index contributed by atoms with van der Waals surface area (Å²) in [5.41, 5.74) is 3.00. The fraction of sp³-hybridized carbons (Fsp3) is 0.393. The van der Waals surface area contributed by atoms with E-state index in [1.165, 1.54) is 23.9 Å². The minimum Gasteiger partial charge on any atom is -0.347 e. The number of carbonyl (C=O) groups is 1. The number of H-pyrrole nitrogens is 1. The van der Waals surface area contributed by atoms with E-state index in [9.17, 15) is 9.59 Å². The van der Waals surface area contributed by atoms with Gasteiger partial charge < -0.3 is 5.32 Å². The first-order chi connectivity index (χ1) is 16.9. The molecule has 7 rings (SSSR count). The zero-order valence-electron chi connectivity index (χ0n) is 19.8. The maximum absolute atomic E-state index is 13.1. The van der Waals surface area contributed by atoms with E-state index in [0.29, 0.717) is 33.2 Å². The Kier molecular flexibility index (Phi) is 5.44. The molecule has 6 nitrogen and oxygen atoms in total. The molecule has 3 aromatic rings. The average molecular weight is 489 g/mol. The maximum Gasteiger partial charge on any atom is 0.280 e. The minimum atomic E-state index is -0.194. The number of rotatable bonds is 5. The van der Waals surface area contributed by atoms with E-state index in [-0.39, 0.29) is 17.0 Å². The molecular weight excluding hydrogens is 460 g/mol. The van der Waals surface area contributed by atoms with Crippen molar-refractivity contribution in [3.8, 4) is 5.69 Å². The third-order valence-electron chi connectivity index (χ3n) is 8.07. The fourth-order valence-electron chi connectivity index (χ4n) is 6.92. The molecule has 1 amide bonds. The first-order valence-electron chi connectivity index (χ1n) is 12.4. The van der Waals surface area contributed by atoms with Gasteiger partial charge in [-0.1, -0.05) is 17.7 Å². The lowest BCUT2D eigenvalue weighted by atomic mass is 9.53. The SMILES string of the molecule is Cc1[nH]n(-c2cccc(Cl)c2)c(=O)c1C=Nc1ccc(C(=O)NC23CC4CC(CC(C4)C2)C3)cc1. The summed E-state index contributed by atoms with van der Waals surface area (Å²) in [6.45, 7) is 1.84. The topological polar surface area (TPSA) is 79.2 Å². The second kappa shape index (κ2) is 8.52. The standard InChI is InChI=1S/C28H29ClN4O2/c1-17-25(27(35)33(32-17)24-4-2-3-22(29)12-24)16-30-23-7-5-21(6-8-23)26(34)31-28-13-18-9-19(14-28)11-20(10-18)15-28/h2-8,12,16,18-20,32H,9-11,13-15H2,1H3,(H,31,34). The van der Waals surface area contributed by atoms with Crippen molar-refractivity contribution < 1.29 is 4.79 Å². The van der Waals surface area contributed by atoms with Gasteiger partial charge in [0, 0.05) is 28.0 Å². The van der Waals surface area contributed by atoms with Crippen molar-refractivity contribution in [1.82, 2.24) is 15.1 Å². The predicted octanol–water partition coefficient (Wildman–Crippen LogP) is 5.58. The number of aliphatic imine (C=N–C) groups is 1. The van der Waals surface area contributed by atoms with Crippen LogP contribution in [0.5, 0.6) is 0 Å². The molecule has 0 spiro atoms. The predicted molar refractivity (Wildman–Crippen MR) is 138 cm³/mol. The largest absolute Gasteiger partial charge is 0.347 e. The Hall–Kier alpha value is -3.12. The zero-order chi connectivity index (χ0) is 24.2. The van der Waals surface area contributed by atoms with Crippen LogP contribution >= 0.6 is 11.6 Å². The van der Waals surface area contributed by atoms with Crippen LogP contribution in [0.1, 0.15) is 60.1 Å². The number of nitrogens with one attached hydrogen (secondary N) is 2. The van der Waals surface area contributed by atoms with Gasteiger partial charge in [-0.05, 0) is 106 Å². The number of nitrogens with zero attached hydrogens (tertiary/aromatic N) is 2. The van der Waals surface area contributed by atoms with E-state index in [1.54, 1.807) is 24.4 Å². The van der Waals surface area contributed by atoms with E-state index in [1.807, 2.05) is 37.3 Å². The Bertz CT molecular complexity index is 1330. The summed E-state index contributed by atoms with van der Waals surface area (Å²) in [5.74, 6) is 2.38. The molecule has 35 heavy (non-hydrogen) atoms. The molecule has 4 aliphatic carbocycles. The number of aromatic nitrogens is 2. The van der Waals surface area contributed by atoms with Gasteiger partial charge in [0.1, 0.15) is 0 Å². The first-order valence-corrected chi connectivity index (χ1v) is 12.8. The fourth-order valence-corrected chi connectivity index (χ4v) is 7.11. The number of hydrogen-bond donors (Lipinski definition) is 2. The maximum atomic E-state index is 13.1. The van der Waals surface area contributed by atoms with Crippen LogP contribution in [0, 0.1) is 24.7 Å². The Labute approximate surface area is 209 Å². The summed E-state index contributed by atoms with van der Waals surface area (Å²) in [4.78, 5) is 30.5. The monoisotopic (exact) mass is 488 g/mol. The highest BCUT2D eigenvalue weighted by atomic mass is 35.5. The molecule has 4 aliphatic rings. The van der Waals surface area contributed by atoms with E-state index in [0.717, 1.165) is 37.0 Å². The Morgan fingerprint density at radius 3 is 2.37 bits per heavy atom. The van der Waals surface area contributed by atoms with Gasteiger partial charge >= 0.3 is 0 Å². The molecule has 0 atom stereocenters. The first kappa shape index (κ1) is 22.4. The summed E-state index contributed by atoms with van der Waals surface area (Å²) in [6.07, 6.45) is 9.03. The van der Waals surface area contributed by atoms with Gasteiger partial charge in [0.25, 0.3) is 11.5 Å². The second-order valence-electron chi connectivity index (χ2n) is 10.7. The second-order valence-corrected chi connectivity index (χ2v) is 11.2. The van der Waals surface area contributed by atoms with Crippen molar-refractivity contribution in [3.63, 3.8) is 0 Å². The highest BCUT2D eigenvalue weighted by Crippen LogP contribution is 2.55. The molecule has 0 aliphatic heterocycles. The van der Waals surface area contributed by atoms with Crippen molar-refractivity contribution in [2.75, 3.05) is 0 Å². The highest BCUT2D eigenvalue weighted by molar-refractivity contribution is 6.30. The summed E-state index contributed by atoms with van der Waals surface area (Å²) in [5, 5.41) is 7.06. The molecule has 4 saturated carbocycles. The van der Waals surface area contributed by atoms with Gasteiger partial charge in [0.05, 0.1) is 16.9 Å². The van der Waals surface area contributed by atoms with Gasteiger partial charge in [0.2, 0.25) is 0 Å². The van der Waals surface area contributed by atoms with Gasteiger partial charge in [-0.25, -0.2) is 4.68 Å². The lowest BCUT2D eigenvalue weighted by molar-refractivity contribution is -0.0167. The molecule has 180 valence electrons. The lowest BCUT2D eigenvalue weighted by Crippen LogP contribution is -2.59. The van der Waals surface area contributed by atoms with Crippen molar-refractivity contribution in [2.24, 2.45) is 22.7 Å². The van der Waals surface area contributed by atoms with Crippen molar-refractivity contribution in [1.29, 1.82) is 0 Å². The number of benzene rings is 2. The van der Waals surface area contributed by atoms with E-state index in [2.05, 4.69) is 15.4 Å². The molecule has 7 heteroatoms. The third-order valence-corrected chi connectivity index (χ3v) is 8.31. The summed E-state index contributed by atoms with van der Waals surface area (Å²) >= 11 is 6.07. The molecule has 4 bridgehead atoms. The number of carbonyl (C=O) groups excluding carboxylic acids is 1. The Balaban J connectivity index is 1.16. The van der Waals surface area contributed by atoms with Gasteiger partial charge in [-0.2, -0.15) is 0 Å². The molecule has 0 unspecified atom stereocenters. The van der Waals surface area contributed by atoms with Crippen molar-refractivity contribution in [3.05, 3.63) is 80.7 Å². The highest BCUT2D eigenvalue weighted by Gasteiger charge is 2.51. The Morgan fingerprint density at radius 1 is 1.09 bits per heavy atom. The smallest absolute Gasteiger partial charge is 0.280 e. The third kappa shape index (κ3) is 4.25. The van der Waals surface area contributed by atoms with Crippen molar-refractivity contribution >= 4 is 29.4 Å². The van der Waals surface area contributed by atoms with Gasteiger partial charge in [-0.15, -0.1) is 0 Å². The van der Waals surface area contributed by atoms with E-state index < -0.39 is 0 Å². The number of halogens is 1. The van der Waals surface area contributed by atoms with E-state index >= 15 is 0 Å². The van der Waals surface area contributed by atoms with Crippen molar-refractivity contribution in [2.45, 2.75) is 51.0 Å². The van der Waals surface area contributed by atoms with Crippen LogP contribution in [-0.2, 0) is 0 Å². The summed E-state index contributed by atoms with van der Waals surface area (Å²) < 4.78 is 1.46. The van der Waals surface area contributed by atoms with E-state index in [4.69, 9.17) is 11.6 Å². The number of aromatic amines is 1. The molecular formula is C28H29ClN4O2. The molecule has 2 N–H and O–H groups in total. The molecule has 0 saturated heterocycles. The van der Waals surface area contributed by atoms with Crippen LogP contribution in [0.4, 0.5) is 5.69 Å². The lowest BCUT2D eigenvalue weighted by Gasteiger charge is -2.56. The summed E-state index contributed by atoms with van der Waals surface area (Å²) in [7, 11) is 0. The number of amides is 1. The van der Waals surface area contributed by atoms with Crippen LogP contribution in [0.2, 0.25) is 5.02 Å². The zero-order valence-corrected chi connectivity index (χ0v) is 20.5. The quantitative estimate of drug-likeness (QED) is 0.460. The molecule has 1 aromatic heterocycles. The Morgan fingerprint density at radius 2 is 1.74 bits per heavy atom. The van der Waals surface area contributed by atoms with Crippen LogP contribution in [0.25, 0.3) is 5.69 Å². The average Bonchev–Trinajstić information content (AvgIpc) is 3.10. The van der Waals surface area contributed by atoms with Crippen LogP contribution in [0.15, 0.2) is 58.3 Å². The number of aryl methyl sites for hydroxylation is 1. The molecule has 4 fully saturated rings. The van der Waals surface area contributed by atoms with Crippen LogP contribution < -0.4 is 10.9 Å². The molecule has 2 aromatic carbocycles. The molecule has 0 radical (unpaired) electrons. The van der Waals surface area contributed by atoms with Crippen LogP contribution in [-0.4, -0.2) is 27.4 Å². The molecule has 1 heterocycles. The number of hydrogen-bond acceptors (Lipinski definition) is 3. The summed E-state index contributed by atoms with van der Waals surface area (Å²) in [6, 6.07) is 14.4. The normalized spacial score (nSPS) is 27.0. The van der Waals surface area contributed by atoms with Crippen LogP contribution in [0.3, 0.4) is 0 Å².